The Kier molecular flexibility index (Phi) is 4.32. The molecule has 0 bridgehead atoms. The van der Waals surface area contributed by atoms with Crippen molar-refractivity contribution in [1.82, 2.24) is 5.32 Å². The van der Waals surface area contributed by atoms with Crippen LogP contribution >= 0.6 is 0 Å². The Labute approximate surface area is 119 Å². The Balaban J connectivity index is 2.16. The van der Waals surface area contributed by atoms with Gasteiger partial charge in [0, 0.05) is 6.04 Å². The van der Waals surface area contributed by atoms with Gasteiger partial charge in [-0.3, -0.25) is 4.79 Å². The molecule has 1 fully saturated rings. The zero-order valence-electron chi connectivity index (χ0n) is 11.7. The molecule has 1 N–H and O–H groups in total. The maximum atomic E-state index is 12.3. The molecule has 5 nitrogen and oxygen atoms in total. The molecule has 0 radical (unpaired) electrons. The number of nitrogens with one attached hydrogen (secondary N) is 1. The van der Waals surface area contributed by atoms with Crippen LogP contribution in [0, 0.1) is 0 Å². The van der Waals surface area contributed by atoms with Crippen LogP contribution in [0.2, 0.25) is 0 Å². The van der Waals surface area contributed by atoms with Crippen molar-refractivity contribution < 1.29 is 17.9 Å². The minimum atomic E-state index is -3.00. The first-order valence-corrected chi connectivity index (χ1v) is 8.45. The summed E-state index contributed by atoms with van der Waals surface area (Å²) in [6.07, 6.45) is 1.30. The monoisotopic (exact) mass is 297 g/mol. The lowest BCUT2D eigenvalue weighted by molar-refractivity contribution is 0.0938. The molecule has 1 unspecified atom stereocenters. The molecule has 20 heavy (non-hydrogen) atoms. The predicted molar refractivity (Wildman–Crippen MR) is 76.9 cm³/mol. The first kappa shape index (κ1) is 14.8. The molecule has 1 aliphatic rings. The standard InChI is InChI=1S/C14H19NO4S/c1-3-10-4-5-13(19-2)12(8-10)14(16)15-11-6-7-20(17,18)9-11/h4-5,8,11H,3,6-7,9H2,1-2H3,(H,15,16). The minimum absolute atomic E-state index is 0.0223. The molecule has 1 amide bonds. The summed E-state index contributed by atoms with van der Waals surface area (Å²) in [5.41, 5.74) is 1.49. The first-order valence-electron chi connectivity index (χ1n) is 6.63. The van der Waals surface area contributed by atoms with Gasteiger partial charge in [-0.05, 0) is 30.5 Å². The second kappa shape index (κ2) is 5.83. The van der Waals surface area contributed by atoms with Gasteiger partial charge in [0.15, 0.2) is 9.84 Å². The number of sulfone groups is 1. The normalized spacial score (nSPS) is 20.6. The van der Waals surface area contributed by atoms with Gasteiger partial charge in [0.05, 0.1) is 24.2 Å². The summed E-state index contributed by atoms with van der Waals surface area (Å²) < 4.78 is 28.0. The summed E-state index contributed by atoms with van der Waals surface area (Å²) in [7, 11) is -1.49. The van der Waals surface area contributed by atoms with Gasteiger partial charge in [-0.25, -0.2) is 8.42 Å². The van der Waals surface area contributed by atoms with Crippen LogP contribution in [0.3, 0.4) is 0 Å². The van der Waals surface area contributed by atoms with Crippen molar-refractivity contribution in [1.29, 1.82) is 0 Å². The van der Waals surface area contributed by atoms with Gasteiger partial charge >= 0.3 is 0 Å². The molecule has 6 heteroatoms. The molecular formula is C14H19NO4S. The third-order valence-electron chi connectivity index (χ3n) is 3.48. The van der Waals surface area contributed by atoms with Gasteiger partial charge in [0.25, 0.3) is 5.91 Å². The van der Waals surface area contributed by atoms with E-state index in [9.17, 15) is 13.2 Å². The average Bonchev–Trinajstić information content (AvgIpc) is 2.77. The molecule has 1 aliphatic heterocycles. The van der Waals surface area contributed by atoms with E-state index in [1.165, 1.54) is 7.11 Å². The molecule has 110 valence electrons. The highest BCUT2D eigenvalue weighted by Gasteiger charge is 2.29. The van der Waals surface area contributed by atoms with E-state index in [1.807, 2.05) is 13.0 Å². The number of ether oxygens (including phenoxy) is 1. The highest BCUT2D eigenvalue weighted by atomic mass is 32.2. The fraction of sp³-hybridized carbons (Fsp3) is 0.500. The topological polar surface area (TPSA) is 72.5 Å². The van der Waals surface area contributed by atoms with Gasteiger partial charge in [-0.1, -0.05) is 13.0 Å². The Hall–Kier alpha value is -1.56. The number of carbonyl (C=O) groups excluding carboxylic acids is 1. The van der Waals surface area contributed by atoms with Crippen LogP contribution in [0.1, 0.15) is 29.3 Å². The summed E-state index contributed by atoms with van der Waals surface area (Å²) in [5.74, 6) is 0.387. The van der Waals surface area contributed by atoms with Gasteiger partial charge in [-0.15, -0.1) is 0 Å². The Morgan fingerprint density at radius 1 is 1.45 bits per heavy atom. The number of hydrogen-bond donors (Lipinski definition) is 1. The van der Waals surface area contributed by atoms with E-state index in [0.717, 1.165) is 12.0 Å². The molecule has 1 saturated heterocycles. The summed E-state index contributed by atoms with van der Waals surface area (Å²) in [6, 6.07) is 5.16. The summed E-state index contributed by atoms with van der Waals surface area (Å²) in [5, 5.41) is 2.78. The Bertz CT molecular complexity index is 610. The van der Waals surface area contributed by atoms with Crippen LogP contribution in [0.4, 0.5) is 0 Å². The molecule has 0 saturated carbocycles. The molecule has 0 aromatic heterocycles. The van der Waals surface area contributed by atoms with E-state index < -0.39 is 9.84 Å². The number of methoxy groups -OCH3 is 1. The Morgan fingerprint density at radius 3 is 2.75 bits per heavy atom. The first-order chi connectivity index (χ1) is 9.45. The lowest BCUT2D eigenvalue weighted by Crippen LogP contribution is -2.35. The van der Waals surface area contributed by atoms with Crippen molar-refractivity contribution in [3.8, 4) is 5.75 Å². The van der Waals surface area contributed by atoms with E-state index in [4.69, 9.17) is 4.74 Å². The van der Waals surface area contributed by atoms with Crippen molar-refractivity contribution in [3.63, 3.8) is 0 Å². The van der Waals surface area contributed by atoms with Crippen molar-refractivity contribution in [3.05, 3.63) is 29.3 Å². The number of benzene rings is 1. The smallest absolute Gasteiger partial charge is 0.255 e. The minimum Gasteiger partial charge on any atom is -0.496 e. The molecule has 1 heterocycles. The van der Waals surface area contributed by atoms with Crippen molar-refractivity contribution in [2.75, 3.05) is 18.6 Å². The maximum absolute atomic E-state index is 12.3. The van der Waals surface area contributed by atoms with E-state index in [-0.39, 0.29) is 23.5 Å². The van der Waals surface area contributed by atoms with Gasteiger partial charge in [-0.2, -0.15) is 0 Å². The lowest BCUT2D eigenvalue weighted by atomic mass is 10.1. The van der Waals surface area contributed by atoms with Crippen LogP contribution in [-0.4, -0.2) is 39.0 Å². The second-order valence-corrected chi connectivity index (χ2v) is 7.19. The zero-order chi connectivity index (χ0) is 14.8. The van der Waals surface area contributed by atoms with Gasteiger partial charge in [0.2, 0.25) is 0 Å². The molecule has 0 spiro atoms. The summed E-state index contributed by atoms with van der Waals surface area (Å²) in [6.45, 7) is 2.01. The SMILES string of the molecule is CCc1ccc(OC)c(C(=O)NC2CCS(=O)(=O)C2)c1. The van der Waals surface area contributed by atoms with E-state index >= 15 is 0 Å². The van der Waals surface area contributed by atoms with Crippen LogP contribution in [0.15, 0.2) is 18.2 Å². The van der Waals surface area contributed by atoms with Crippen molar-refractivity contribution in [2.24, 2.45) is 0 Å². The second-order valence-electron chi connectivity index (χ2n) is 4.96. The van der Waals surface area contributed by atoms with Gasteiger partial charge < -0.3 is 10.1 Å². The molecule has 1 atom stereocenters. The number of hydrogen-bond acceptors (Lipinski definition) is 4. The van der Waals surface area contributed by atoms with E-state index in [1.54, 1.807) is 12.1 Å². The van der Waals surface area contributed by atoms with Crippen LogP contribution in [0.5, 0.6) is 5.75 Å². The number of amides is 1. The number of carbonyl (C=O) groups is 1. The number of rotatable bonds is 4. The van der Waals surface area contributed by atoms with E-state index in [0.29, 0.717) is 17.7 Å². The summed E-state index contributed by atoms with van der Waals surface area (Å²) in [4.78, 5) is 12.3. The highest BCUT2D eigenvalue weighted by Crippen LogP contribution is 2.21. The van der Waals surface area contributed by atoms with Crippen LogP contribution < -0.4 is 10.1 Å². The van der Waals surface area contributed by atoms with Gasteiger partial charge in [0.1, 0.15) is 5.75 Å². The van der Waals surface area contributed by atoms with Crippen LogP contribution in [0.25, 0.3) is 0 Å². The average molecular weight is 297 g/mol. The highest BCUT2D eigenvalue weighted by molar-refractivity contribution is 7.91. The largest absolute Gasteiger partial charge is 0.496 e. The van der Waals surface area contributed by atoms with Crippen LogP contribution in [-0.2, 0) is 16.3 Å². The maximum Gasteiger partial charge on any atom is 0.255 e. The van der Waals surface area contributed by atoms with Crippen molar-refractivity contribution >= 4 is 15.7 Å². The van der Waals surface area contributed by atoms with E-state index in [2.05, 4.69) is 5.32 Å². The summed E-state index contributed by atoms with van der Waals surface area (Å²) >= 11 is 0. The molecule has 1 aromatic rings. The molecule has 1 aromatic carbocycles. The fourth-order valence-corrected chi connectivity index (χ4v) is 4.00. The Morgan fingerprint density at radius 2 is 2.20 bits per heavy atom. The molecule has 2 rings (SSSR count). The zero-order valence-corrected chi connectivity index (χ0v) is 12.5. The van der Waals surface area contributed by atoms with Crippen molar-refractivity contribution in [2.45, 2.75) is 25.8 Å². The number of aryl methyl sites for hydroxylation is 1. The third kappa shape index (κ3) is 3.30. The molecule has 0 aliphatic carbocycles. The molecular weight excluding hydrogens is 278 g/mol. The fourth-order valence-electron chi connectivity index (χ4n) is 2.32. The predicted octanol–water partition coefficient (Wildman–Crippen LogP) is 1.17. The quantitative estimate of drug-likeness (QED) is 0.905. The third-order valence-corrected chi connectivity index (χ3v) is 5.25. The lowest BCUT2D eigenvalue weighted by Gasteiger charge is -2.14.